The zero-order chi connectivity index (χ0) is 18.8. The number of pyridine rings is 1. The SMILES string of the molecule is Cc1ccc([C@H]2CC(=O)Nc3cc(NC(=O)c4cccnc4)ccc32)cc1. The lowest BCUT2D eigenvalue weighted by molar-refractivity contribution is -0.116. The van der Waals surface area contributed by atoms with E-state index < -0.39 is 0 Å². The van der Waals surface area contributed by atoms with Crippen molar-refractivity contribution in [3.63, 3.8) is 0 Å². The fourth-order valence-electron chi connectivity index (χ4n) is 3.34. The van der Waals surface area contributed by atoms with Gasteiger partial charge in [0.2, 0.25) is 5.91 Å². The van der Waals surface area contributed by atoms with E-state index in [1.54, 1.807) is 18.3 Å². The number of aromatic nitrogens is 1. The van der Waals surface area contributed by atoms with Gasteiger partial charge < -0.3 is 10.6 Å². The van der Waals surface area contributed by atoms with Gasteiger partial charge in [0, 0.05) is 36.1 Å². The molecule has 0 spiro atoms. The molecule has 5 nitrogen and oxygen atoms in total. The average Bonchev–Trinajstić information content (AvgIpc) is 2.68. The van der Waals surface area contributed by atoms with E-state index in [0.29, 0.717) is 17.7 Å². The number of anilines is 2. The Morgan fingerprint density at radius 3 is 2.70 bits per heavy atom. The van der Waals surface area contributed by atoms with Gasteiger partial charge in [0.05, 0.1) is 5.56 Å². The van der Waals surface area contributed by atoms with Gasteiger partial charge in [-0.2, -0.15) is 0 Å². The van der Waals surface area contributed by atoms with E-state index in [4.69, 9.17) is 0 Å². The third-order valence-electron chi connectivity index (χ3n) is 4.75. The lowest BCUT2D eigenvalue weighted by atomic mass is 9.84. The highest BCUT2D eigenvalue weighted by molar-refractivity contribution is 6.05. The van der Waals surface area contributed by atoms with Gasteiger partial charge in [-0.05, 0) is 42.3 Å². The van der Waals surface area contributed by atoms with Gasteiger partial charge in [0.25, 0.3) is 5.91 Å². The van der Waals surface area contributed by atoms with Crippen molar-refractivity contribution in [1.82, 2.24) is 4.98 Å². The van der Waals surface area contributed by atoms with Crippen LogP contribution in [0.1, 0.15) is 39.4 Å². The van der Waals surface area contributed by atoms with Gasteiger partial charge >= 0.3 is 0 Å². The van der Waals surface area contributed by atoms with Crippen molar-refractivity contribution in [1.29, 1.82) is 0 Å². The Morgan fingerprint density at radius 1 is 1.15 bits per heavy atom. The smallest absolute Gasteiger partial charge is 0.257 e. The molecular weight excluding hydrogens is 338 g/mol. The van der Waals surface area contributed by atoms with E-state index in [1.807, 2.05) is 25.1 Å². The normalized spacial score (nSPS) is 15.6. The Kier molecular flexibility index (Phi) is 4.42. The maximum atomic E-state index is 12.3. The molecule has 2 amide bonds. The van der Waals surface area contributed by atoms with E-state index in [2.05, 4.69) is 39.9 Å². The molecule has 2 heterocycles. The van der Waals surface area contributed by atoms with Crippen molar-refractivity contribution in [3.05, 3.63) is 89.2 Å². The number of hydrogen-bond donors (Lipinski definition) is 2. The number of nitrogens with one attached hydrogen (secondary N) is 2. The fourth-order valence-corrected chi connectivity index (χ4v) is 3.34. The quantitative estimate of drug-likeness (QED) is 0.741. The lowest BCUT2D eigenvalue weighted by Crippen LogP contribution is -2.24. The zero-order valence-corrected chi connectivity index (χ0v) is 14.9. The zero-order valence-electron chi connectivity index (χ0n) is 14.9. The highest BCUT2D eigenvalue weighted by Gasteiger charge is 2.26. The van der Waals surface area contributed by atoms with Crippen LogP contribution in [0, 0.1) is 6.92 Å². The minimum absolute atomic E-state index is 0.0115. The predicted molar refractivity (Wildman–Crippen MR) is 105 cm³/mol. The summed E-state index contributed by atoms with van der Waals surface area (Å²) in [5, 5.41) is 5.78. The molecular formula is C22H19N3O2. The monoisotopic (exact) mass is 357 g/mol. The summed E-state index contributed by atoms with van der Waals surface area (Å²) in [6.45, 7) is 2.04. The summed E-state index contributed by atoms with van der Waals surface area (Å²) in [6.07, 6.45) is 3.55. The first kappa shape index (κ1) is 17.0. The molecule has 0 aliphatic carbocycles. The minimum Gasteiger partial charge on any atom is -0.326 e. The van der Waals surface area contributed by atoms with Crippen LogP contribution >= 0.6 is 0 Å². The molecule has 4 rings (SSSR count). The second-order valence-electron chi connectivity index (χ2n) is 6.71. The number of nitrogens with zero attached hydrogens (tertiary/aromatic N) is 1. The second kappa shape index (κ2) is 7.03. The summed E-state index contributed by atoms with van der Waals surface area (Å²) in [5.41, 5.74) is 5.21. The molecule has 1 aromatic heterocycles. The summed E-state index contributed by atoms with van der Waals surface area (Å²) in [5.74, 6) is -0.249. The van der Waals surface area contributed by atoms with Gasteiger partial charge in [0.1, 0.15) is 0 Å². The standard InChI is InChI=1S/C22H19N3O2/c1-14-4-6-15(7-5-14)19-12-21(26)25-20-11-17(8-9-18(19)20)24-22(27)16-3-2-10-23-13-16/h2-11,13,19H,12H2,1H3,(H,24,27)(H,25,26)/t19-/m1/s1. The van der Waals surface area contributed by atoms with Crippen molar-refractivity contribution in [2.75, 3.05) is 10.6 Å². The molecule has 0 radical (unpaired) electrons. The van der Waals surface area contributed by atoms with Gasteiger partial charge in [0.15, 0.2) is 0 Å². The minimum atomic E-state index is -0.236. The van der Waals surface area contributed by atoms with Gasteiger partial charge in [-0.3, -0.25) is 14.6 Å². The molecule has 3 aromatic rings. The van der Waals surface area contributed by atoms with E-state index in [9.17, 15) is 9.59 Å². The van der Waals surface area contributed by atoms with Crippen molar-refractivity contribution in [3.8, 4) is 0 Å². The molecule has 1 aliphatic rings. The number of aryl methyl sites for hydroxylation is 1. The molecule has 27 heavy (non-hydrogen) atoms. The summed E-state index contributed by atoms with van der Waals surface area (Å²) in [6, 6.07) is 17.3. The maximum absolute atomic E-state index is 12.3. The highest BCUT2D eigenvalue weighted by Crippen LogP contribution is 2.38. The number of carbonyl (C=O) groups is 2. The predicted octanol–water partition coefficient (Wildman–Crippen LogP) is 4.12. The number of carbonyl (C=O) groups excluding carboxylic acids is 2. The van der Waals surface area contributed by atoms with Crippen molar-refractivity contribution < 1.29 is 9.59 Å². The third kappa shape index (κ3) is 3.58. The number of fused-ring (bicyclic) bond motifs is 1. The van der Waals surface area contributed by atoms with E-state index in [-0.39, 0.29) is 17.7 Å². The van der Waals surface area contributed by atoms with Crippen LogP contribution in [-0.2, 0) is 4.79 Å². The van der Waals surface area contributed by atoms with Crippen LogP contribution in [0.3, 0.4) is 0 Å². The lowest BCUT2D eigenvalue weighted by Gasteiger charge is -2.26. The van der Waals surface area contributed by atoms with Gasteiger partial charge in [-0.1, -0.05) is 35.9 Å². The molecule has 0 saturated carbocycles. The molecule has 1 atom stereocenters. The van der Waals surface area contributed by atoms with Crippen molar-refractivity contribution >= 4 is 23.2 Å². The Balaban J connectivity index is 1.63. The Morgan fingerprint density at radius 2 is 1.96 bits per heavy atom. The van der Waals surface area contributed by atoms with Gasteiger partial charge in [-0.15, -0.1) is 0 Å². The van der Waals surface area contributed by atoms with Crippen LogP contribution in [-0.4, -0.2) is 16.8 Å². The highest BCUT2D eigenvalue weighted by atomic mass is 16.2. The summed E-state index contributed by atoms with van der Waals surface area (Å²) in [7, 11) is 0. The Hall–Kier alpha value is -3.47. The topological polar surface area (TPSA) is 71.1 Å². The van der Waals surface area contributed by atoms with Gasteiger partial charge in [-0.25, -0.2) is 0 Å². The van der Waals surface area contributed by atoms with E-state index >= 15 is 0 Å². The van der Waals surface area contributed by atoms with Crippen molar-refractivity contribution in [2.45, 2.75) is 19.3 Å². The first-order chi connectivity index (χ1) is 13.1. The molecule has 2 aromatic carbocycles. The molecule has 1 aliphatic heterocycles. The van der Waals surface area contributed by atoms with Crippen molar-refractivity contribution in [2.24, 2.45) is 0 Å². The second-order valence-corrected chi connectivity index (χ2v) is 6.71. The van der Waals surface area contributed by atoms with Crippen LogP contribution in [0.4, 0.5) is 11.4 Å². The molecule has 0 unspecified atom stereocenters. The largest absolute Gasteiger partial charge is 0.326 e. The summed E-state index contributed by atoms with van der Waals surface area (Å²) >= 11 is 0. The van der Waals surface area contributed by atoms with E-state index in [0.717, 1.165) is 16.8 Å². The molecule has 134 valence electrons. The van der Waals surface area contributed by atoms with Crippen LogP contribution < -0.4 is 10.6 Å². The van der Waals surface area contributed by atoms with Crippen LogP contribution in [0.2, 0.25) is 0 Å². The number of amides is 2. The molecule has 0 saturated heterocycles. The molecule has 0 fully saturated rings. The number of rotatable bonds is 3. The third-order valence-corrected chi connectivity index (χ3v) is 4.75. The van der Waals surface area contributed by atoms with Crippen LogP contribution in [0.25, 0.3) is 0 Å². The first-order valence-electron chi connectivity index (χ1n) is 8.82. The van der Waals surface area contributed by atoms with Crippen LogP contribution in [0.15, 0.2) is 67.0 Å². The summed E-state index contributed by atoms with van der Waals surface area (Å²) < 4.78 is 0. The number of hydrogen-bond acceptors (Lipinski definition) is 3. The van der Waals surface area contributed by atoms with Crippen LogP contribution in [0.5, 0.6) is 0 Å². The fraction of sp³-hybridized carbons (Fsp3) is 0.136. The average molecular weight is 357 g/mol. The maximum Gasteiger partial charge on any atom is 0.257 e. The first-order valence-corrected chi connectivity index (χ1v) is 8.82. The molecule has 5 heteroatoms. The van der Waals surface area contributed by atoms with E-state index in [1.165, 1.54) is 11.8 Å². The number of benzene rings is 2. The Bertz CT molecular complexity index is 998. The summed E-state index contributed by atoms with van der Waals surface area (Å²) in [4.78, 5) is 28.5. The Labute approximate surface area is 157 Å². The molecule has 0 bridgehead atoms. The molecule has 2 N–H and O–H groups in total.